The molecule has 1 aromatic carbocycles. The summed E-state index contributed by atoms with van der Waals surface area (Å²) in [6, 6.07) is 12.0. The Hall–Kier alpha value is -3.62. The Morgan fingerprint density at radius 1 is 1.15 bits per heavy atom. The zero-order valence-electron chi connectivity index (χ0n) is 19.0. The molecule has 0 saturated heterocycles. The van der Waals surface area contributed by atoms with Crippen LogP contribution in [0.15, 0.2) is 42.5 Å². The van der Waals surface area contributed by atoms with Gasteiger partial charge in [0.15, 0.2) is 0 Å². The summed E-state index contributed by atoms with van der Waals surface area (Å²) in [6.07, 6.45) is 3.63. The largest absolute Gasteiger partial charge is 0.480 e. The topological polar surface area (TPSA) is 130 Å². The molecule has 1 atom stereocenters. The Morgan fingerprint density at radius 2 is 1.94 bits per heavy atom. The molecule has 0 radical (unpaired) electrons. The van der Waals surface area contributed by atoms with E-state index >= 15 is 0 Å². The monoisotopic (exact) mass is 466 g/mol. The van der Waals surface area contributed by atoms with Gasteiger partial charge in [-0.25, -0.2) is 14.6 Å². The molecule has 1 saturated carbocycles. The van der Waals surface area contributed by atoms with Gasteiger partial charge >= 0.3 is 12.1 Å². The predicted molar refractivity (Wildman–Crippen MR) is 125 cm³/mol. The number of ether oxygens (including phenoxy) is 1. The minimum Gasteiger partial charge on any atom is -0.480 e. The van der Waals surface area contributed by atoms with Crippen LogP contribution in [0, 0.1) is 11.8 Å². The number of alkyl carbamates (subject to hydrolysis) is 1. The van der Waals surface area contributed by atoms with Gasteiger partial charge in [-0.15, -0.1) is 0 Å². The number of hydrogen-bond donors (Lipinski definition) is 4. The van der Waals surface area contributed by atoms with Gasteiger partial charge in [-0.1, -0.05) is 36.4 Å². The Kier molecular flexibility index (Phi) is 7.61. The second-order valence-corrected chi connectivity index (χ2v) is 8.92. The summed E-state index contributed by atoms with van der Waals surface area (Å²) in [5, 5.41) is 17.7. The summed E-state index contributed by atoms with van der Waals surface area (Å²) in [5.41, 5.74) is 3.08. The van der Waals surface area contributed by atoms with Crippen LogP contribution in [-0.4, -0.2) is 47.2 Å². The number of carbonyl (C=O) groups is 3. The van der Waals surface area contributed by atoms with Crippen molar-refractivity contribution in [2.24, 2.45) is 11.8 Å². The van der Waals surface area contributed by atoms with Crippen molar-refractivity contribution in [3.63, 3.8) is 0 Å². The highest BCUT2D eigenvalue weighted by Gasteiger charge is 2.35. The van der Waals surface area contributed by atoms with E-state index in [-0.39, 0.29) is 25.0 Å². The molecular formula is C25H30N4O5. The number of nitrogens with one attached hydrogen (secondary N) is 3. The Morgan fingerprint density at radius 3 is 2.71 bits per heavy atom. The summed E-state index contributed by atoms with van der Waals surface area (Å²) in [4.78, 5) is 40.6. The highest BCUT2D eigenvalue weighted by Crippen LogP contribution is 2.36. The number of carboxylic acids is 1. The molecular weight excluding hydrogens is 436 g/mol. The van der Waals surface area contributed by atoms with E-state index in [0.717, 1.165) is 55.7 Å². The summed E-state index contributed by atoms with van der Waals surface area (Å²) in [6.45, 7) is 0.782. The Balaban J connectivity index is 1.17. The molecule has 4 N–H and O–H groups in total. The van der Waals surface area contributed by atoms with Crippen LogP contribution in [0.25, 0.3) is 0 Å². The lowest BCUT2D eigenvalue weighted by atomic mass is 9.72. The third-order valence-corrected chi connectivity index (χ3v) is 6.34. The van der Waals surface area contributed by atoms with Crippen molar-refractivity contribution < 1.29 is 24.2 Å². The first-order chi connectivity index (χ1) is 16.5. The number of amides is 2. The molecule has 4 rings (SSSR count). The molecule has 1 aromatic heterocycles. The third-order valence-electron chi connectivity index (χ3n) is 6.34. The zero-order chi connectivity index (χ0) is 23.9. The number of benzene rings is 1. The van der Waals surface area contributed by atoms with Gasteiger partial charge < -0.3 is 25.8 Å². The van der Waals surface area contributed by atoms with Crippen molar-refractivity contribution in [2.45, 2.75) is 44.8 Å². The molecule has 9 nitrogen and oxygen atoms in total. The molecule has 2 aliphatic rings. The second kappa shape index (κ2) is 11.0. The number of carbonyl (C=O) groups excluding carboxylic acids is 2. The van der Waals surface area contributed by atoms with E-state index in [9.17, 15) is 19.5 Å². The second-order valence-electron chi connectivity index (χ2n) is 8.92. The number of aryl methyl sites for hydroxylation is 1. The number of anilines is 1. The van der Waals surface area contributed by atoms with Gasteiger partial charge in [-0.3, -0.25) is 4.79 Å². The van der Waals surface area contributed by atoms with Gasteiger partial charge in [0, 0.05) is 24.7 Å². The lowest BCUT2D eigenvalue weighted by Crippen LogP contribution is -2.50. The molecule has 1 unspecified atom stereocenters. The maximum Gasteiger partial charge on any atom is 0.408 e. The number of aliphatic carboxylic acids is 1. The van der Waals surface area contributed by atoms with Gasteiger partial charge in [0.25, 0.3) is 0 Å². The van der Waals surface area contributed by atoms with Crippen LogP contribution in [0.1, 0.15) is 36.1 Å². The minimum atomic E-state index is -1.27. The standard InChI is InChI=1S/C25H30N4O5/c30-23(19-11-17(12-19)13-20-9-8-18-7-4-10-26-22(18)28-20)27-14-21(24(31)32)29-25(33)34-15-16-5-2-1-3-6-16/h1-3,5-6,8-9,17,19,21H,4,7,10-15H2,(H,26,28)(H,27,30)(H,29,33)(H,31,32). The molecule has 2 heterocycles. The highest BCUT2D eigenvalue weighted by molar-refractivity contribution is 5.83. The van der Waals surface area contributed by atoms with Gasteiger partial charge in [0.05, 0.1) is 0 Å². The molecule has 0 bridgehead atoms. The lowest BCUT2D eigenvalue weighted by molar-refractivity contribution is -0.139. The van der Waals surface area contributed by atoms with Crippen molar-refractivity contribution in [3.8, 4) is 0 Å². The molecule has 0 spiro atoms. The summed E-state index contributed by atoms with van der Waals surface area (Å²) < 4.78 is 5.06. The van der Waals surface area contributed by atoms with Crippen LogP contribution in [0.2, 0.25) is 0 Å². The lowest BCUT2D eigenvalue weighted by Gasteiger charge is -2.34. The minimum absolute atomic E-state index is 0.0317. The first-order valence-corrected chi connectivity index (χ1v) is 11.7. The zero-order valence-corrected chi connectivity index (χ0v) is 19.0. The number of rotatable bonds is 9. The van der Waals surface area contributed by atoms with Crippen LogP contribution < -0.4 is 16.0 Å². The fourth-order valence-electron chi connectivity index (χ4n) is 4.35. The normalized spacial score (nSPS) is 19.5. The average Bonchev–Trinajstić information content (AvgIpc) is 2.82. The van der Waals surface area contributed by atoms with Crippen molar-refractivity contribution in [2.75, 3.05) is 18.4 Å². The van der Waals surface area contributed by atoms with Crippen LogP contribution in [0.4, 0.5) is 10.6 Å². The average molecular weight is 467 g/mol. The van der Waals surface area contributed by atoms with Crippen molar-refractivity contribution in [1.82, 2.24) is 15.6 Å². The Labute approximate surface area is 198 Å². The number of aromatic nitrogens is 1. The van der Waals surface area contributed by atoms with Crippen LogP contribution in [0.5, 0.6) is 0 Å². The van der Waals surface area contributed by atoms with Crippen molar-refractivity contribution in [3.05, 3.63) is 59.3 Å². The van der Waals surface area contributed by atoms with Crippen LogP contribution in [0.3, 0.4) is 0 Å². The van der Waals surface area contributed by atoms with E-state index in [2.05, 4.69) is 28.1 Å². The Bertz CT molecular complexity index is 1020. The smallest absolute Gasteiger partial charge is 0.408 e. The van der Waals surface area contributed by atoms with E-state index in [1.54, 1.807) is 12.1 Å². The van der Waals surface area contributed by atoms with E-state index in [4.69, 9.17) is 9.72 Å². The van der Waals surface area contributed by atoms with Crippen molar-refractivity contribution in [1.29, 1.82) is 0 Å². The first kappa shape index (κ1) is 23.5. The fourth-order valence-corrected chi connectivity index (χ4v) is 4.35. The SMILES string of the molecule is O=C(NC(CNC(=O)C1CC(Cc2ccc3c(n2)NCCC3)C1)C(=O)O)OCc1ccccc1. The van der Waals surface area contributed by atoms with Gasteiger partial charge in [0.1, 0.15) is 18.5 Å². The van der Waals surface area contributed by atoms with Crippen LogP contribution >= 0.6 is 0 Å². The number of hydrogen-bond acceptors (Lipinski definition) is 6. The van der Waals surface area contributed by atoms with Crippen LogP contribution in [-0.2, 0) is 33.8 Å². The van der Waals surface area contributed by atoms with Gasteiger partial charge in [0.2, 0.25) is 5.91 Å². The molecule has 34 heavy (non-hydrogen) atoms. The molecule has 2 aromatic rings. The number of carboxylic acid groups (broad SMARTS) is 1. The quantitative estimate of drug-likeness (QED) is 0.447. The maximum absolute atomic E-state index is 12.5. The third kappa shape index (κ3) is 6.24. The van der Waals surface area contributed by atoms with Crippen molar-refractivity contribution >= 4 is 23.8 Å². The number of fused-ring (bicyclic) bond motifs is 1. The molecule has 180 valence electrons. The van der Waals surface area contributed by atoms with E-state index in [1.807, 2.05) is 18.2 Å². The predicted octanol–water partition coefficient (Wildman–Crippen LogP) is 2.50. The highest BCUT2D eigenvalue weighted by atomic mass is 16.5. The number of nitrogens with zero attached hydrogens (tertiary/aromatic N) is 1. The molecule has 2 amide bonds. The van der Waals surface area contributed by atoms with Gasteiger partial charge in [-0.2, -0.15) is 0 Å². The molecule has 1 fully saturated rings. The van der Waals surface area contributed by atoms with E-state index in [1.165, 1.54) is 5.56 Å². The van der Waals surface area contributed by atoms with E-state index in [0.29, 0.717) is 5.92 Å². The summed E-state index contributed by atoms with van der Waals surface area (Å²) >= 11 is 0. The van der Waals surface area contributed by atoms with E-state index < -0.39 is 18.1 Å². The molecule has 1 aliphatic heterocycles. The maximum atomic E-state index is 12.5. The fraction of sp³-hybridized carbons (Fsp3) is 0.440. The number of pyridine rings is 1. The molecule has 9 heteroatoms. The summed E-state index contributed by atoms with van der Waals surface area (Å²) in [5.74, 6) is -0.226. The summed E-state index contributed by atoms with van der Waals surface area (Å²) in [7, 11) is 0. The van der Waals surface area contributed by atoms with Gasteiger partial charge in [-0.05, 0) is 55.2 Å². The first-order valence-electron chi connectivity index (χ1n) is 11.7. The molecule has 1 aliphatic carbocycles.